The number of hydrogen-bond acceptors (Lipinski definition) is 3. The van der Waals surface area contributed by atoms with Crippen LogP contribution in [0.3, 0.4) is 0 Å². The van der Waals surface area contributed by atoms with E-state index in [4.69, 9.17) is 5.73 Å². The Bertz CT molecular complexity index is 456. The summed E-state index contributed by atoms with van der Waals surface area (Å²) in [5, 5.41) is 7.82. The summed E-state index contributed by atoms with van der Waals surface area (Å²) < 4.78 is 0. The largest absolute Gasteiger partial charge is 0.330 e. The fraction of sp³-hybridized carbons (Fsp3) is 1.00. The molecule has 0 aromatic rings. The van der Waals surface area contributed by atoms with Crippen molar-refractivity contribution in [3.8, 4) is 0 Å². The van der Waals surface area contributed by atoms with Crippen LogP contribution in [-0.4, -0.2) is 30.2 Å². The Kier molecular flexibility index (Phi) is 4.29. The second kappa shape index (κ2) is 5.96. The van der Waals surface area contributed by atoms with Gasteiger partial charge in [-0.15, -0.1) is 0 Å². The molecular weight excluding hydrogens is 294 g/mol. The first-order valence-corrected chi connectivity index (χ1v) is 10.5. The number of nitrogens with one attached hydrogen (secondary N) is 2. The molecule has 4 rings (SSSR count). The topological polar surface area (TPSA) is 50.1 Å². The molecule has 3 nitrogen and oxygen atoms in total. The minimum absolute atomic E-state index is 0.233. The van der Waals surface area contributed by atoms with Crippen molar-refractivity contribution < 1.29 is 0 Å². The number of piperidine rings is 1. The Morgan fingerprint density at radius 3 is 2.33 bits per heavy atom. The molecule has 4 fully saturated rings. The van der Waals surface area contributed by atoms with Crippen LogP contribution >= 0.6 is 0 Å². The van der Waals surface area contributed by atoms with Gasteiger partial charge >= 0.3 is 0 Å². The highest BCUT2D eigenvalue weighted by atomic mass is 15.1. The van der Waals surface area contributed by atoms with E-state index in [-0.39, 0.29) is 11.1 Å². The first kappa shape index (κ1) is 17.3. The maximum Gasteiger partial charge on any atom is 0.0144 e. The van der Waals surface area contributed by atoms with Crippen LogP contribution in [0.25, 0.3) is 0 Å². The van der Waals surface area contributed by atoms with Crippen LogP contribution < -0.4 is 16.4 Å². The minimum Gasteiger partial charge on any atom is -0.330 e. The average Bonchev–Trinajstić information content (AvgIpc) is 3.13. The fourth-order valence-electron chi connectivity index (χ4n) is 7.65. The average molecular weight is 334 g/mol. The van der Waals surface area contributed by atoms with E-state index in [0.717, 1.165) is 42.1 Å². The summed E-state index contributed by atoms with van der Waals surface area (Å²) in [7, 11) is 0. The van der Waals surface area contributed by atoms with Gasteiger partial charge in [0.05, 0.1) is 0 Å². The second-order valence-electron chi connectivity index (χ2n) is 10.9. The summed E-state index contributed by atoms with van der Waals surface area (Å²) in [6.45, 7) is 11.5. The molecular formula is C21H39N3. The lowest BCUT2D eigenvalue weighted by Crippen LogP contribution is -2.62. The molecule has 0 radical (unpaired) electrons. The highest BCUT2D eigenvalue weighted by Gasteiger charge is 2.56. The molecule has 4 N–H and O–H groups in total. The summed E-state index contributed by atoms with van der Waals surface area (Å²) in [5.74, 6) is 5.72. The minimum atomic E-state index is 0.233. The van der Waals surface area contributed by atoms with Crippen molar-refractivity contribution in [2.24, 2.45) is 41.2 Å². The van der Waals surface area contributed by atoms with E-state index in [1.165, 1.54) is 45.1 Å². The van der Waals surface area contributed by atoms with Crippen LogP contribution in [0, 0.1) is 35.5 Å². The van der Waals surface area contributed by atoms with Gasteiger partial charge < -0.3 is 16.4 Å². The number of fused-ring (bicyclic) bond motifs is 5. The predicted octanol–water partition coefficient (Wildman–Crippen LogP) is 3.14. The van der Waals surface area contributed by atoms with Gasteiger partial charge in [0.15, 0.2) is 0 Å². The third-order valence-corrected chi connectivity index (χ3v) is 7.97. The zero-order chi connectivity index (χ0) is 17.1. The van der Waals surface area contributed by atoms with Crippen LogP contribution in [-0.2, 0) is 0 Å². The molecule has 1 aliphatic heterocycles. The summed E-state index contributed by atoms with van der Waals surface area (Å²) in [5.41, 5.74) is 6.66. The zero-order valence-corrected chi connectivity index (χ0v) is 16.3. The number of hydrogen-bond donors (Lipinski definition) is 3. The highest BCUT2D eigenvalue weighted by Crippen LogP contribution is 2.62. The summed E-state index contributed by atoms with van der Waals surface area (Å²) >= 11 is 0. The van der Waals surface area contributed by atoms with Crippen LogP contribution in [0.1, 0.15) is 66.2 Å². The first-order valence-electron chi connectivity index (χ1n) is 10.5. The molecule has 2 bridgehead atoms. The Morgan fingerprint density at radius 1 is 1.00 bits per heavy atom. The summed E-state index contributed by atoms with van der Waals surface area (Å²) in [6.07, 6.45) is 8.45. The second-order valence-corrected chi connectivity index (χ2v) is 10.9. The lowest BCUT2D eigenvalue weighted by molar-refractivity contribution is 0.133. The Hall–Kier alpha value is -0.120. The molecule has 3 aliphatic carbocycles. The van der Waals surface area contributed by atoms with Crippen LogP contribution in [0.2, 0.25) is 0 Å². The van der Waals surface area contributed by atoms with Gasteiger partial charge in [-0.25, -0.2) is 0 Å². The van der Waals surface area contributed by atoms with Gasteiger partial charge in [-0.1, -0.05) is 0 Å². The molecule has 0 spiro atoms. The number of nitrogens with two attached hydrogens (primary N) is 1. The molecule has 24 heavy (non-hydrogen) atoms. The van der Waals surface area contributed by atoms with Gasteiger partial charge in [0.2, 0.25) is 0 Å². The van der Waals surface area contributed by atoms with E-state index in [1.54, 1.807) is 0 Å². The smallest absolute Gasteiger partial charge is 0.0144 e. The lowest BCUT2D eigenvalue weighted by Gasteiger charge is -2.47. The van der Waals surface area contributed by atoms with Crippen molar-refractivity contribution >= 4 is 0 Å². The third-order valence-electron chi connectivity index (χ3n) is 7.97. The van der Waals surface area contributed by atoms with Gasteiger partial charge in [0.25, 0.3) is 0 Å². The quantitative estimate of drug-likeness (QED) is 0.741. The SMILES string of the molecule is CC1(C)CC(NCC2C(CN)CC3C4CCC(C4)C23)CC(C)(C)N1. The molecule has 4 aliphatic rings. The van der Waals surface area contributed by atoms with Crippen LogP contribution in [0.15, 0.2) is 0 Å². The predicted molar refractivity (Wildman–Crippen MR) is 101 cm³/mol. The molecule has 1 saturated heterocycles. The van der Waals surface area contributed by atoms with E-state index in [1.807, 2.05) is 0 Å². The Balaban J connectivity index is 1.41. The van der Waals surface area contributed by atoms with Crippen molar-refractivity contribution in [2.45, 2.75) is 83.3 Å². The molecule has 6 unspecified atom stereocenters. The van der Waals surface area contributed by atoms with E-state index < -0.39 is 0 Å². The first-order chi connectivity index (χ1) is 11.3. The summed E-state index contributed by atoms with van der Waals surface area (Å²) in [6, 6.07) is 0.646. The molecule has 0 aromatic heterocycles. The molecule has 0 amide bonds. The van der Waals surface area contributed by atoms with Crippen LogP contribution in [0.4, 0.5) is 0 Å². The maximum atomic E-state index is 6.20. The van der Waals surface area contributed by atoms with Gasteiger partial charge in [0, 0.05) is 17.1 Å². The van der Waals surface area contributed by atoms with Gasteiger partial charge in [-0.3, -0.25) is 0 Å². The van der Waals surface area contributed by atoms with Crippen molar-refractivity contribution in [2.75, 3.05) is 13.1 Å². The standard InChI is InChI=1S/C21H39N3/c1-20(2)9-16(10-21(3,4)24-20)23-12-18-15(11-22)8-17-13-5-6-14(7-13)19(17)18/h13-19,23-24H,5-12,22H2,1-4H3. The van der Waals surface area contributed by atoms with E-state index in [2.05, 4.69) is 38.3 Å². The van der Waals surface area contributed by atoms with E-state index in [0.29, 0.717) is 6.04 Å². The molecule has 138 valence electrons. The molecule has 3 saturated carbocycles. The van der Waals surface area contributed by atoms with Crippen molar-refractivity contribution in [1.82, 2.24) is 10.6 Å². The van der Waals surface area contributed by atoms with E-state index in [9.17, 15) is 0 Å². The van der Waals surface area contributed by atoms with Gasteiger partial charge in [-0.2, -0.15) is 0 Å². The van der Waals surface area contributed by atoms with Gasteiger partial charge in [0.1, 0.15) is 0 Å². The third kappa shape index (κ3) is 3.05. The fourth-order valence-corrected chi connectivity index (χ4v) is 7.65. The lowest BCUT2D eigenvalue weighted by atomic mass is 9.76. The Morgan fingerprint density at radius 2 is 1.67 bits per heavy atom. The normalized spacial score (nSPS) is 46.4. The maximum absolute atomic E-state index is 6.20. The number of rotatable bonds is 4. The molecule has 3 heteroatoms. The zero-order valence-electron chi connectivity index (χ0n) is 16.3. The Labute approximate surface area is 148 Å². The van der Waals surface area contributed by atoms with Crippen molar-refractivity contribution in [3.05, 3.63) is 0 Å². The molecule has 6 atom stereocenters. The van der Waals surface area contributed by atoms with Crippen molar-refractivity contribution in [1.29, 1.82) is 0 Å². The van der Waals surface area contributed by atoms with Crippen molar-refractivity contribution in [3.63, 3.8) is 0 Å². The monoisotopic (exact) mass is 333 g/mol. The molecule has 0 aromatic carbocycles. The van der Waals surface area contributed by atoms with E-state index >= 15 is 0 Å². The van der Waals surface area contributed by atoms with Gasteiger partial charge in [-0.05, 0) is 115 Å². The highest BCUT2D eigenvalue weighted by molar-refractivity contribution is 5.06. The van der Waals surface area contributed by atoms with Crippen LogP contribution in [0.5, 0.6) is 0 Å². The molecule has 1 heterocycles. The summed E-state index contributed by atoms with van der Waals surface area (Å²) in [4.78, 5) is 0.